The SMILES string of the molecule is CC(CCO)CNCc1ccc(C2CC2)cc1. The normalized spacial score (nSPS) is 17.1. The molecule has 1 aliphatic carbocycles. The van der Waals surface area contributed by atoms with E-state index < -0.39 is 0 Å². The molecule has 1 fully saturated rings. The Morgan fingerprint density at radius 2 is 2.00 bits per heavy atom. The average Bonchev–Trinajstić information content (AvgIpc) is 3.14. The van der Waals surface area contributed by atoms with Crippen LogP contribution in [0.2, 0.25) is 0 Å². The Balaban J connectivity index is 1.71. The van der Waals surface area contributed by atoms with Crippen molar-refractivity contribution in [3.05, 3.63) is 35.4 Å². The molecule has 1 atom stereocenters. The van der Waals surface area contributed by atoms with Gasteiger partial charge in [-0.25, -0.2) is 0 Å². The maximum absolute atomic E-state index is 8.81. The van der Waals surface area contributed by atoms with E-state index >= 15 is 0 Å². The number of rotatable bonds is 7. The van der Waals surface area contributed by atoms with Crippen molar-refractivity contribution >= 4 is 0 Å². The third-order valence-corrected chi connectivity index (χ3v) is 3.47. The second-order valence-corrected chi connectivity index (χ2v) is 5.26. The zero-order chi connectivity index (χ0) is 12.1. The van der Waals surface area contributed by atoms with E-state index in [-0.39, 0.29) is 0 Å². The number of hydrogen-bond donors (Lipinski definition) is 2. The van der Waals surface area contributed by atoms with Crippen LogP contribution >= 0.6 is 0 Å². The van der Waals surface area contributed by atoms with E-state index in [1.54, 1.807) is 0 Å². The molecule has 17 heavy (non-hydrogen) atoms. The van der Waals surface area contributed by atoms with Crippen molar-refractivity contribution in [1.29, 1.82) is 0 Å². The first-order chi connectivity index (χ1) is 8.29. The van der Waals surface area contributed by atoms with Crippen LogP contribution in [0.1, 0.15) is 43.2 Å². The van der Waals surface area contributed by atoms with Gasteiger partial charge in [-0.2, -0.15) is 0 Å². The highest BCUT2D eigenvalue weighted by Crippen LogP contribution is 2.39. The first-order valence-corrected chi connectivity index (χ1v) is 6.70. The Morgan fingerprint density at radius 3 is 2.59 bits per heavy atom. The van der Waals surface area contributed by atoms with Gasteiger partial charge in [0.25, 0.3) is 0 Å². The summed E-state index contributed by atoms with van der Waals surface area (Å²) in [6.45, 7) is 4.37. The first kappa shape index (κ1) is 12.6. The van der Waals surface area contributed by atoms with Gasteiger partial charge >= 0.3 is 0 Å². The van der Waals surface area contributed by atoms with Crippen LogP contribution < -0.4 is 5.32 Å². The molecular weight excluding hydrogens is 210 g/mol. The van der Waals surface area contributed by atoms with Gasteiger partial charge in [-0.1, -0.05) is 31.2 Å². The minimum atomic E-state index is 0.291. The van der Waals surface area contributed by atoms with Gasteiger partial charge in [-0.3, -0.25) is 0 Å². The first-order valence-electron chi connectivity index (χ1n) is 6.70. The molecule has 1 aromatic rings. The molecule has 1 saturated carbocycles. The number of nitrogens with one attached hydrogen (secondary N) is 1. The quantitative estimate of drug-likeness (QED) is 0.759. The molecule has 0 spiro atoms. The Labute approximate surface area is 104 Å². The summed E-state index contributed by atoms with van der Waals surface area (Å²) < 4.78 is 0. The molecule has 1 unspecified atom stereocenters. The highest BCUT2D eigenvalue weighted by atomic mass is 16.3. The van der Waals surface area contributed by atoms with Crippen LogP contribution in [-0.2, 0) is 6.54 Å². The Bertz CT molecular complexity index is 329. The number of aliphatic hydroxyl groups is 1. The van der Waals surface area contributed by atoms with Crippen LogP contribution in [-0.4, -0.2) is 18.3 Å². The van der Waals surface area contributed by atoms with E-state index in [1.807, 2.05) is 0 Å². The van der Waals surface area contributed by atoms with Gasteiger partial charge in [0.1, 0.15) is 0 Å². The standard InChI is InChI=1S/C15H23NO/c1-12(8-9-17)10-16-11-13-2-4-14(5-3-13)15-6-7-15/h2-5,12,15-17H,6-11H2,1H3. The largest absolute Gasteiger partial charge is 0.396 e. The van der Waals surface area contributed by atoms with Crippen LogP contribution in [0.5, 0.6) is 0 Å². The second-order valence-electron chi connectivity index (χ2n) is 5.26. The molecule has 0 aliphatic heterocycles. The monoisotopic (exact) mass is 233 g/mol. The molecule has 2 nitrogen and oxygen atoms in total. The van der Waals surface area contributed by atoms with Crippen molar-refractivity contribution in [2.45, 2.75) is 38.6 Å². The fraction of sp³-hybridized carbons (Fsp3) is 0.600. The Morgan fingerprint density at radius 1 is 1.29 bits per heavy atom. The van der Waals surface area contributed by atoms with Gasteiger partial charge in [0.05, 0.1) is 0 Å². The summed E-state index contributed by atoms with van der Waals surface area (Å²) >= 11 is 0. The molecule has 0 heterocycles. The molecule has 0 radical (unpaired) electrons. The van der Waals surface area contributed by atoms with Gasteiger partial charge in [-0.05, 0) is 48.8 Å². The summed E-state index contributed by atoms with van der Waals surface area (Å²) in [6.07, 6.45) is 3.63. The van der Waals surface area contributed by atoms with Gasteiger partial charge in [-0.15, -0.1) is 0 Å². The lowest BCUT2D eigenvalue weighted by atomic mass is 10.1. The Kier molecular flexibility index (Phi) is 4.57. The van der Waals surface area contributed by atoms with Crippen molar-refractivity contribution in [1.82, 2.24) is 5.32 Å². The number of benzene rings is 1. The summed E-state index contributed by atoms with van der Waals surface area (Å²) in [5.41, 5.74) is 2.85. The van der Waals surface area contributed by atoms with E-state index in [1.165, 1.54) is 24.0 Å². The third-order valence-electron chi connectivity index (χ3n) is 3.47. The van der Waals surface area contributed by atoms with E-state index in [0.29, 0.717) is 12.5 Å². The minimum Gasteiger partial charge on any atom is -0.396 e. The molecule has 0 saturated heterocycles. The van der Waals surface area contributed by atoms with Crippen LogP contribution in [0.15, 0.2) is 24.3 Å². The minimum absolute atomic E-state index is 0.291. The fourth-order valence-electron chi connectivity index (χ4n) is 2.11. The molecule has 2 heteroatoms. The maximum Gasteiger partial charge on any atom is 0.0434 e. The van der Waals surface area contributed by atoms with Crippen molar-refractivity contribution < 1.29 is 5.11 Å². The van der Waals surface area contributed by atoms with Gasteiger partial charge in [0.2, 0.25) is 0 Å². The molecule has 1 aromatic carbocycles. The Hall–Kier alpha value is -0.860. The predicted octanol–water partition coefficient (Wildman–Crippen LogP) is 2.67. The molecule has 0 bridgehead atoms. The van der Waals surface area contributed by atoms with E-state index in [0.717, 1.165) is 25.4 Å². The van der Waals surface area contributed by atoms with Crippen LogP contribution in [0, 0.1) is 5.92 Å². The molecule has 0 aromatic heterocycles. The lowest BCUT2D eigenvalue weighted by Gasteiger charge is -2.11. The van der Waals surface area contributed by atoms with E-state index in [4.69, 9.17) is 5.11 Å². The van der Waals surface area contributed by atoms with Crippen molar-refractivity contribution in [3.8, 4) is 0 Å². The smallest absolute Gasteiger partial charge is 0.0434 e. The summed E-state index contributed by atoms with van der Waals surface area (Å²) in [5.74, 6) is 1.40. The zero-order valence-electron chi connectivity index (χ0n) is 10.7. The van der Waals surface area contributed by atoms with Crippen molar-refractivity contribution in [2.24, 2.45) is 5.92 Å². The summed E-state index contributed by atoms with van der Waals surface area (Å²) in [5, 5.41) is 12.3. The molecule has 0 amide bonds. The van der Waals surface area contributed by atoms with Gasteiger partial charge < -0.3 is 10.4 Å². The highest BCUT2D eigenvalue weighted by Gasteiger charge is 2.22. The van der Waals surface area contributed by atoms with Crippen LogP contribution in [0.4, 0.5) is 0 Å². The summed E-state index contributed by atoms with van der Waals surface area (Å²) in [6, 6.07) is 9.01. The molecule has 2 rings (SSSR count). The molecule has 94 valence electrons. The predicted molar refractivity (Wildman–Crippen MR) is 71.0 cm³/mol. The van der Waals surface area contributed by atoms with Crippen LogP contribution in [0.25, 0.3) is 0 Å². The maximum atomic E-state index is 8.81. The second kappa shape index (κ2) is 6.18. The van der Waals surface area contributed by atoms with Crippen molar-refractivity contribution in [2.75, 3.05) is 13.2 Å². The number of aliphatic hydroxyl groups excluding tert-OH is 1. The average molecular weight is 233 g/mol. The van der Waals surface area contributed by atoms with Crippen LogP contribution in [0.3, 0.4) is 0 Å². The zero-order valence-corrected chi connectivity index (χ0v) is 10.7. The number of hydrogen-bond acceptors (Lipinski definition) is 2. The lowest BCUT2D eigenvalue weighted by Crippen LogP contribution is -2.21. The summed E-state index contributed by atoms with van der Waals surface area (Å²) in [4.78, 5) is 0. The van der Waals surface area contributed by atoms with E-state index in [2.05, 4.69) is 36.5 Å². The summed E-state index contributed by atoms with van der Waals surface area (Å²) in [7, 11) is 0. The molecule has 1 aliphatic rings. The topological polar surface area (TPSA) is 32.3 Å². The lowest BCUT2D eigenvalue weighted by molar-refractivity contribution is 0.260. The van der Waals surface area contributed by atoms with Crippen molar-refractivity contribution in [3.63, 3.8) is 0 Å². The van der Waals surface area contributed by atoms with Gasteiger partial charge in [0.15, 0.2) is 0 Å². The highest BCUT2D eigenvalue weighted by molar-refractivity contribution is 5.27. The van der Waals surface area contributed by atoms with Gasteiger partial charge in [0, 0.05) is 13.2 Å². The molecular formula is C15H23NO. The third kappa shape index (κ3) is 4.14. The van der Waals surface area contributed by atoms with E-state index in [9.17, 15) is 0 Å². The fourth-order valence-corrected chi connectivity index (χ4v) is 2.11. The molecule has 2 N–H and O–H groups in total.